The molecule has 0 N–H and O–H groups in total. The second-order valence-electron chi connectivity index (χ2n) is 4.24. The Morgan fingerprint density at radius 1 is 1.00 bits per heavy atom. The highest BCUT2D eigenvalue weighted by atomic mass is 16.5. The number of pyridine rings is 1. The van der Waals surface area contributed by atoms with Crippen LogP contribution >= 0.6 is 0 Å². The van der Waals surface area contributed by atoms with Crippen molar-refractivity contribution in [2.75, 3.05) is 14.2 Å². The van der Waals surface area contributed by atoms with E-state index in [1.165, 1.54) is 5.56 Å². The minimum atomic E-state index is 0.345. The van der Waals surface area contributed by atoms with Crippen molar-refractivity contribution >= 4 is 0 Å². The van der Waals surface area contributed by atoms with Gasteiger partial charge in [0.2, 0.25) is 0 Å². The van der Waals surface area contributed by atoms with E-state index in [1.807, 2.05) is 18.2 Å². The first-order valence-electron chi connectivity index (χ1n) is 6.56. The number of methoxy groups -OCH3 is 2. The van der Waals surface area contributed by atoms with Gasteiger partial charge in [0.15, 0.2) is 11.5 Å². The van der Waals surface area contributed by atoms with Crippen molar-refractivity contribution in [3.05, 3.63) is 47.8 Å². The number of benzene rings is 1. The van der Waals surface area contributed by atoms with Crippen molar-refractivity contribution in [2.24, 2.45) is 0 Å². The van der Waals surface area contributed by atoms with Gasteiger partial charge in [-0.3, -0.25) is 4.98 Å². The lowest BCUT2D eigenvalue weighted by Gasteiger charge is -2.13. The summed E-state index contributed by atoms with van der Waals surface area (Å²) in [7, 11) is 3.21. The molecule has 20 heavy (non-hydrogen) atoms. The lowest BCUT2D eigenvalue weighted by molar-refractivity contribution is 0.282. The maximum Gasteiger partial charge on any atom is 0.185 e. The monoisotopic (exact) mass is 273 g/mol. The summed E-state index contributed by atoms with van der Waals surface area (Å²) in [5.41, 5.74) is 1.90. The van der Waals surface area contributed by atoms with Crippen LogP contribution in [0.3, 0.4) is 0 Å². The first kappa shape index (κ1) is 14.2. The molecule has 0 unspecified atom stereocenters. The predicted octanol–water partition coefficient (Wildman–Crippen LogP) is 3.24. The zero-order chi connectivity index (χ0) is 14.4. The van der Waals surface area contributed by atoms with Gasteiger partial charge in [0, 0.05) is 12.3 Å². The molecule has 0 radical (unpaired) electrons. The van der Waals surface area contributed by atoms with E-state index in [9.17, 15) is 0 Å². The fourth-order valence-electron chi connectivity index (χ4n) is 2.04. The van der Waals surface area contributed by atoms with Crippen molar-refractivity contribution in [1.29, 1.82) is 0 Å². The van der Waals surface area contributed by atoms with E-state index >= 15 is 0 Å². The smallest absolute Gasteiger partial charge is 0.185 e. The summed E-state index contributed by atoms with van der Waals surface area (Å²) >= 11 is 0. The molecule has 2 aromatic rings. The number of aromatic nitrogens is 1. The Hall–Kier alpha value is -2.23. The van der Waals surface area contributed by atoms with Crippen LogP contribution < -0.4 is 14.2 Å². The van der Waals surface area contributed by atoms with Gasteiger partial charge in [-0.25, -0.2) is 0 Å². The third-order valence-corrected chi connectivity index (χ3v) is 3.08. The molecule has 0 saturated carbocycles. The second kappa shape index (κ2) is 6.80. The summed E-state index contributed by atoms with van der Waals surface area (Å²) in [6.45, 7) is 2.45. The fourth-order valence-corrected chi connectivity index (χ4v) is 2.04. The average Bonchev–Trinajstić information content (AvgIpc) is 2.52. The summed E-state index contributed by atoms with van der Waals surface area (Å²) in [6.07, 6.45) is 2.62. The number of aryl methyl sites for hydroxylation is 1. The van der Waals surface area contributed by atoms with Crippen LogP contribution in [0.1, 0.15) is 18.2 Å². The van der Waals surface area contributed by atoms with Crippen molar-refractivity contribution in [3.8, 4) is 17.2 Å². The third kappa shape index (κ3) is 3.02. The van der Waals surface area contributed by atoms with Crippen LogP contribution in [0.15, 0.2) is 36.5 Å². The highest BCUT2D eigenvalue weighted by molar-refractivity contribution is 5.42. The number of ether oxygens (including phenoxy) is 3. The number of rotatable bonds is 6. The number of nitrogens with zero attached hydrogens (tertiary/aromatic N) is 1. The first-order chi connectivity index (χ1) is 9.80. The van der Waals surface area contributed by atoms with Crippen LogP contribution in [-0.4, -0.2) is 19.2 Å². The Morgan fingerprint density at radius 3 is 2.50 bits per heavy atom. The van der Waals surface area contributed by atoms with Gasteiger partial charge < -0.3 is 14.2 Å². The van der Waals surface area contributed by atoms with Gasteiger partial charge in [-0.05, 0) is 18.1 Å². The minimum absolute atomic E-state index is 0.345. The minimum Gasteiger partial charge on any atom is -0.493 e. The quantitative estimate of drug-likeness (QED) is 0.810. The molecule has 0 bridgehead atoms. The molecule has 2 rings (SSSR count). The van der Waals surface area contributed by atoms with Crippen LogP contribution in [-0.2, 0) is 13.0 Å². The Balaban J connectivity index is 2.19. The lowest BCUT2D eigenvalue weighted by Crippen LogP contribution is -2.04. The van der Waals surface area contributed by atoms with Crippen molar-refractivity contribution in [1.82, 2.24) is 4.98 Å². The molecule has 4 heteroatoms. The molecule has 0 amide bonds. The summed E-state index contributed by atoms with van der Waals surface area (Å²) in [6, 6.07) is 9.76. The van der Waals surface area contributed by atoms with Crippen molar-refractivity contribution < 1.29 is 14.2 Å². The van der Waals surface area contributed by atoms with Gasteiger partial charge in [0.25, 0.3) is 0 Å². The van der Waals surface area contributed by atoms with E-state index in [4.69, 9.17) is 14.2 Å². The summed E-state index contributed by atoms with van der Waals surface area (Å²) in [5.74, 6) is 2.15. The first-order valence-corrected chi connectivity index (χ1v) is 6.56. The summed E-state index contributed by atoms with van der Waals surface area (Å²) < 4.78 is 16.5. The van der Waals surface area contributed by atoms with Crippen molar-refractivity contribution in [3.63, 3.8) is 0 Å². The van der Waals surface area contributed by atoms with Crippen LogP contribution in [0.4, 0.5) is 0 Å². The highest BCUT2D eigenvalue weighted by Crippen LogP contribution is 2.30. The largest absolute Gasteiger partial charge is 0.493 e. The third-order valence-electron chi connectivity index (χ3n) is 3.08. The molecule has 106 valence electrons. The maximum absolute atomic E-state index is 5.86. The normalized spacial score (nSPS) is 10.2. The van der Waals surface area contributed by atoms with Crippen LogP contribution in [0.5, 0.6) is 17.2 Å². The Labute approximate surface area is 119 Å². The highest BCUT2D eigenvalue weighted by Gasteiger charge is 2.12. The van der Waals surface area contributed by atoms with Gasteiger partial charge in [-0.2, -0.15) is 0 Å². The van der Waals surface area contributed by atoms with E-state index in [0.29, 0.717) is 18.1 Å². The van der Waals surface area contributed by atoms with Gasteiger partial charge in [-0.15, -0.1) is 0 Å². The second-order valence-corrected chi connectivity index (χ2v) is 4.24. The summed E-state index contributed by atoms with van der Waals surface area (Å²) in [4.78, 5) is 4.30. The molecule has 1 aromatic carbocycles. The standard InChI is InChI=1S/C16H19NO3/c1-4-12-7-5-6-8-14(12)20-11-13-16(19-3)15(18-2)9-10-17-13/h5-10H,4,11H2,1-3H3. The molecular formula is C16H19NO3. The van der Waals surface area contributed by atoms with Gasteiger partial charge in [0.1, 0.15) is 18.1 Å². The SMILES string of the molecule is CCc1ccccc1OCc1nccc(OC)c1OC. The predicted molar refractivity (Wildman–Crippen MR) is 77.5 cm³/mol. The number of hydrogen-bond acceptors (Lipinski definition) is 4. The number of hydrogen-bond donors (Lipinski definition) is 0. The fraction of sp³-hybridized carbons (Fsp3) is 0.312. The molecule has 1 aromatic heterocycles. The average molecular weight is 273 g/mol. The van der Waals surface area contributed by atoms with Gasteiger partial charge >= 0.3 is 0 Å². The van der Waals surface area contributed by atoms with E-state index in [2.05, 4.69) is 18.0 Å². The molecule has 0 saturated heterocycles. The van der Waals surface area contributed by atoms with E-state index in [0.717, 1.165) is 17.9 Å². The van der Waals surface area contributed by atoms with Gasteiger partial charge in [0.05, 0.1) is 14.2 Å². The molecule has 1 heterocycles. The Bertz CT molecular complexity index is 569. The Kier molecular flexibility index (Phi) is 4.82. The van der Waals surface area contributed by atoms with Crippen LogP contribution in [0, 0.1) is 0 Å². The van der Waals surface area contributed by atoms with Gasteiger partial charge in [-0.1, -0.05) is 25.1 Å². The van der Waals surface area contributed by atoms with Crippen LogP contribution in [0.2, 0.25) is 0 Å². The molecule has 0 atom stereocenters. The number of para-hydroxylation sites is 1. The molecule has 4 nitrogen and oxygen atoms in total. The molecule has 0 aliphatic heterocycles. The topological polar surface area (TPSA) is 40.6 Å². The summed E-state index contributed by atoms with van der Waals surface area (Å²) in [5, 5.41) is 0. The van der Waals surface area contributed by atoms with E-state index in [1.54, 1.807) is 26.5 Å². The zero-order valence-corrected chi connectivity index (χ0v) is 12.1. The lowest BCUT2D eigenvalue weighted by atomic mass is 10.1. The van der Waals surface area contributed by atoms with Crippen LogP contribution in [0.25, 0.3) is 0 Å². The van der Waals surface area contributed by atoms with E-state index in [-0.39, 0.29) is 0 Å². The maximum atomic E-state index is 5.86. The molecular weight excluding hydrogens is 254 g/mol. The molecule has 0 aliphatic rings. The zero-order valence-electron chi connectivity index (χ0n) is 12.1. The molecule has 0 aliphatic carbocycles. The van der Waals surface area contributed by atoms with E-state index < -0.39 is 0 Å². The Morgan fingerprint density at radius 2 is 1.80 bits per heavy atom. The molecule has 0 spiro atoms. The van der Waals surface area contributed by atoms with Crippen molar-refractivity contribution in [2.45, 2.75) is 20.0 Å². The molecule has 0 fully saturated rings.